The number of nitrogens with one attached hydrogen (secondary N) is 1. The largest absolute Gasteiger partial charge is 0.301 e. The Morgan fingerprint density at radius 3 is 2.53 bits per heavy atom. The molecule has 1 heterocycles. The molecule has 0 saturated carbocycles. The van der Waals surface area contributed by atoms with E-state index in [1.807, 2.05) is 19.1 Å². The van der Waals surface area contributed by atoms with Crippen LogP contribution in [0, 0.1) is 6.92 Å². The van der Waals surface area contributed by atoms with Gasteiger partial charge in [0.2, 0.25) is 0 Å². The fraction of sp³-hybridized carbons (Fsp3) is 0.455. The zero-order valence-electron chi connectivity index (χ0n) is 9.61. The predicted molar refractivity (Wildman–Crippen MR) is 72.2 cm³/mol. The quantitative estimate of drug-likeness (QED) is 0.931. The van der Waals surface area contributed by atoms with Crippen LogP contribution in [0.15, 0.2) is 22.7 Å². The minimum atomic E-state index is -3.38. The van der Waals surface area contributed by atoms with E-state index in [0.29, 0.717) is 18.8 Å². The van der Waals surface area contributed by atoms with Gasteiger partial charge in [-0.2, -0.15) is 12.7 Å². The van der Waals surface area contributed by atoms with Gasteiger partial charge in [0.1, 0.15) is 0 Å². The van der Waals surface area contributed by atoms with E-state index >= 15 is 0 Å². The third-order valence-electron chi connectivity index (χ3n) is 2.83. The fourth-order valence-electron chi connectivity index (χ4n) is 1.87. The van der Waals surface area contributed by atoms with Gasteiger partial charge in [-0.05, 0) is 43.5 Å². The van der Waals surface area contributed by atoms with Gasteiger partial charge in [-0.25, -0.2) is 0 Å². The molecule has 1 aromatic carbocycles. The van der Waals surface area contributed by atoms with Crippen molar-refractivity contribution in [3.05, 3.63) is 28.2 Å². The first-order valence-corrected chi connectivity index (χ1v) is 7.76. The van der Waals surface area contributed by atoms with E-state index in [1.54, 1.807) is 6.07 Å². The Bertz CT molecular complexity index is 510. The van der Waals surface area contributed by atoms with Gasteiger partial charge in [-0.15, -0.1) is 0 Å². The summed E-state index contributed by atoms with van der Waals surface area (Å²) in [4.78, 5) is 0. The molecule has 1 N–H and O–H groups in total. The van der Waals surface area contributed by atoms with Gasteiger partial charge in [0.15, 0.2) is 0 Å². The number of halogens is 1. The van der Waals surface area contributed by atoms with Crippen molar-refractivity contribution in [1.82, 2.24) is 4.31 Å². The van der Waals surface area contributed by atoms with E-state index in [1.165, 1.54) is 4.31 Å². The number of rotatable bonds is 3. The molecular weight excluding hydrogens is 304 g/mol. The molecule has 0 aliphatic carbocycles. The summed E-state index contributed by atoms with van der Waals surface area (Å²) in [5, 5.41) is 0. The molecule has 94 valence electrons. The highest BCUT2D eigenvalue weighted by Gasteiger charge is 2.25. The number of benzene rings is 1. The molecule has 6 heteroatoms. The van der Waals surface area contributed by atoms with Crippen molar-refractivity contribution in [2.45, 2.75) is 19.8 Å². The van der Waals surface area contributed by atoms with E-state index in [4.69, 9.17) is 0 Å². The number of nitrogens with zero attached hydrogens (tertiary/aromatic N) is 1. The molecule has 1 fully saturated rings. The summed E-state index contributed by atoms with van der Waals surface area (Å²) >= 11 is 3.35. The highest BCUT2D eigenvalue weighted by Crippen LogP contribution is 2.22. The first-order valence-electron chi connectivity index (χ1n) is 5.53. The third kappa shape index (κ3) is 3.00. The summed E-state index contributed by atoms with van der Waals surface area (Å²) in [6.07, 6.45) is 1.89. The van der Waals surface area contributed by atoms with Crippen LogP contribution in [-0.4, -0.2) is 25.8 Å². The molecule has 4 nitrogen and oxygen atoms in total. The van der Waals surface area contributed by atoms with E-state index < -0.39 is 10.2 Å². The fourth-order valence-corrected chi connectivity index (χ4v) is 3.72. The minimum absolute atomic E-state index is 0.616. The number of hydrogen-bond donors (Lipinski definition) is 1. The van der Waals surface area contributed by atoms with Crippen molar-refractivity contribution >= 4 is 31.8 Å². The van der Waals surface area contributed by atoms with Crippen LogP contribution in [0.4, 0.5) is 5.69 Å². The van der Waals surface area contributed by atoms with Crippen LogP contribution >= 0.6 is 15.9 Å². The van der Waals surface area contributed by atoms with Gasteiger partial charge in [0.05, 0.1) is 5.69 Å². The summed E-state index contributed by atoms with van der Waals surface area (Å²) in [6, 6.07) is 5.49. The molecule has 0 radical (unpaired) electrons. The molecule has 0 bridgehead atoms. The molecule has 1 saturated heterocycles. The Labute approximate surface area is 110 Å². The van der Waals surface area contributed by atoms with Gasteiger partial charge >= 0.3 is 10.2 Å². The van der Waals surface area contributed by atoms with Crippen molar-refractivity contribution in [2.75, 3.05) is 17.8 Å². The Morgan fingerprint density at radius 2 is 1.94 bits per heavy atom. The van der Waals surface area contributed by atoms with Crippen molar-refractivity contribution < 1.29 is 8.42 Å². The summed E-state index contributed by atoms with van der Waals surface area (Å²) in [6.45, 7) is 3.11. The second-order valence-electron chi connectivity index (χ2n) is 4.17. The molecule has 1 aliphatic rings. The van der Waals surface area contributed by atoms with E-state index in [2.05, 4.69) is 20.7 Å². The smallest absolute Gasteiger partial charge is 0.271 e. The Hall–Kier alpha value is -0.590. The normalized spacial score (nSPS) is 17.3. The lowest BCUT2D eigenvalue weighted by Gasteiger charge is -2.18. The third-order valence-corrected chi connectivity index (χ3v) is 4.85. The van der Waals surface area contributed by atoms with Crippen molar-refractivity contribution in [3.8, 4) is 0 Å². The van der Waals surface area contributed by atoms with Crippen molar-refractivity contribution in [2.24, 2.45) is 0 Å². The highest BCUT2D eigenvalue weighted by atomic mass is 79.9. The van der Waals surface area contributed by atoms with E-state index in [0.717, 1.165) is 22.9 Å². The van der Waals surface area contributed by atoms with Gasteiger partial charge in [0.25, 0.3) is 0 Å². The first kappa shape index (κ1) is 12.9. The lowest BCUT2D eigenvalue weighted by atomic mass is 10.2. The van der Waals surface area contributed by atoms with Crippen LogP contribution in [0.5, 0.6) is 0 Å². The average Bonchev–Trinajstić information content (AvgIpc) is 2.76. The number of aryl methyl sites for hydroxylation is 1. The van der Waals surface area contributed by atoms with Gasteiger partial charge in [-0.3, -0.25) is 4.72 Å². The second kappa shape index (κ2) is 4.96. The maximum Gasteiger partial charge on any atom is 0.301 e. The predicted octanol–water partition coefficient (Wildman–Crippen LogP) is 2.51. The van der Waals surface area contributed by atoms with Crippen LogP contribution in [0.1, 0.15) is 18.4 Å². The zero-order chi connectivity index (χ0) is 12.5. The van der Waals surface area contributed by atoms with Crippen LogP contribution < -0.4 is 4.72 Å². The molecule has 1 aliphatic heterocycles. The average molecular weight is 319 g/mol. The summed E-state index contributed by atoms with van der Waals surface area (Å²) in [5.41, 5.74) is 1.54. The second-order valence-corrected chi connectivity index (χ2v) is 6.76. The lowest BCUT2D eigenvalue weighted by Crippen LogP contribution is -2.33. The number of hydrogen-bond acceptors (Lipinski definition) is 2. The molecular formula is C11H15BrN2O2S. The summed E-state index contributed by atoms with van der Waals surface area (Å²) in [7, 11) is -3.38. The molecule has 17 heavy (non-hydrogen) atoms. The Balaban J connectivity index is 2.19. The first-order chi connectivity index (χ1) is 7.99. The van der Waals surface area contributed by atoms with Gasteiger partial charge in [-0.1, -0.05) is 15.9 Å². The summed E-state index contributed by atoms with van der Waals surface area (Å²) in [5.74, 6) is 0. The van der Waals surface area contributed by atoms with Crippen LogP contribution in [-0.2, 0) is 10.2 Å². The topological polar surface area (TPSA) is 49.4 Å². The van der Waals surface area contributed by atoms with Crippen molar-refractivity contribution in [1.29, 1.82) is 0 Å². The maximum absolute atomic E-state index is 12.0. The summed E-state index contributed by atoms with van der Waals surface area (Å²) < 4.78 is 29.2. The standard InChI is InChI=1S/C11H15BrN2O2S/c1-9-8-10(12)4-5-11(9)13-17(15,16)14-6-2-3-7-14/h4-5,8,13H,2-3,6-7H2,1H3. The molecule has 2 rings (SSSR count). The molecule has 0 aromatic heterocycles. The number of anilines is 1. The highest BCUT2D eigenvalue weighted by molar-refractivity contribution is 9.10. The monoisotopic (exact) mass is 318 g/mol. The SMILES string of the molecule is Cc1cc(Br)ccc1NS(=O)(=O)N1CCCC1. The van der Waals surface area contributed by atoms with Crippen molar-refractivity contribution in [3.63, 3.8) is 0 Å². The molecule has 0 unspecified atom stereocenters. The van der Waals surface area contributed by atoms with Crippen LogP contribution in [0.2, 0.25) is 0 Å². The van der Waals surface area contributed by atoms with E-state index in [9.17, 15) is 8.42 Å². The van der Waals surface area contributed by atoms with Crippen LogP contribution in [0.25, 0.3) is 0 Å². The van der Waals surface area contributed by atoms with Gasteiger partial charge in [0, 0.05) is 17.6 Å². The maximum atomic E-state index is 12.0. The molecule has 1 aromatic rings. The molecule has 0 spiro atoms. The molecule has 0 atom stereocenters. The zero-order valence-corrected chi connectivity index (χ0v) is 12.0. The Morgan fingerprint density at radius 1 is 1.29 bits per heavy atom. The minimum Gasteiger partial charge on any atom is -0.271 e. The molecule has 0 amide bonds. The van der Waals surface area contributed by atoms with Gasteiger partial charge < -0.3 is 0 Å². The lowest BCUT2D eigenvalue weighted by molar-refractivity contribution is 0.482. The van der Waals surface area contributed by atoms with E-state index in [-0.39, 0.29) is 0 Å². The van der Waals surface area contributed by atoms with Crippen LogP contribution in [0.3, 0.4) is 0 Å². The Kier molecular flexibility index (Phi) is 3.75.